The lowest BCUT2D eigenvalue weighted by atomic mass is 9.99. The van der Waals surface area contributed by atoms with E-state index in [1.165, 1.54) is 0 Å². The highest BCUT2D eigenvalue weighted by Gasteiger charge is 2.36. The second kappa shape index (κ2) is 6.48. The van der Waals surface area contributed by atoms with Gasteiger partial charge in [-0.05, 0) is 6.07 Å². The third kappa shape index (κ3) is 3.00. The molecule has 0 saturated carbocycles. The van der Waals surface area contributed by atoms with Crippen LogP contribution < -0.4 is 4.74 Å². The smallest absolute Gasteiger partial charge is 0.233 e. The number of para-hydroxylation sites is 1. The number of H-pyrrole nitrogens is 1. The van der Waals surface area contributed by atoms with Crippen LogP contribution in [0.3, 0.4) is 0 Å². The van der Waals surface area contributed by atoms with E-state index in [0.717, 1.165) is 17.1 Å². The Labute approximate surface area is 146 Å². The van der Waals surface area contributed by atoms with Gasteiger partial charge >= 0.3 is 0 Å². The van der Waals surface area contributed by atoms with Crippen molar-refractivity contribution in [1.82, 2.24) is 20.1 Å². The van der Waals surface area contributed by atoms with Crippen LogP contribution in [0.25, 0.3) is 0 Å². The van der Waals surface area contributed by atoms with Crippen LogP contribution in [0.1, 0.15) is 49.0 Å². The normalized spacial score (nSPS) is 22.8. The molecule has 0 radical (unpaired) electrons. The van der Waals surface area contributed by atoms with Gasteiger partial charge in [0.05, 0.1) is 13.2 Å². The van der Waals surface area contributed by atoms with Crippen molar-refractivity contribution in [3.05, 3.63) is 41.5 Å². The first-order chi connectivity index (χ1) is 12.1. The molecule has 1 amide bonds. The van der Waals surface area contributed by atoms with Crippen LogP contribution in [0.4, 0.5) is 0 Å². The molecule has 7 heteroatoms. The lowest BCUT2D eigenvalue weighted by molar-refractivity contribution is -0.141. The summed E-state index contributed by atoms with van der Waals surface area (Å²) in [5.41, 5.74) is 0.970. The molecule has 1 aromatic heterocycles. The summed E-state index contributed by atoms with van der Waals surface area (Å²) in [6, 6.07) is 7.74. The van der Waals surface area contributed by atoms with Gasteiger partial charge in [0.2, 0.25) is 5.91 Å². The fraction of sp³-hybridized carbons (Fsp3) is 0.500. The molecule has 1 fully saturated rings. The van der Waals surface area contributed by atoms with Crippen LogP contribution >= 0.6 is 0 Å². The standard InChI is InChI=1S/C18H22N4O3/c1-11(2)16-19-17(21-20-16)15-9-22(7-8-24-15)18(23)13-10-25-14-6-4-3-5-12(13)14/h3-6,11,13,15H,7-10H2,1-2H3,(H,19,20,21)/t13-,15-/m1/s1. The minimum absolute atomic E-state index is 0.0850. The van der Waals surface area contributed by atoms with E-state index in [9.17, 15) is 4.79 Å². The lowest BCUT2D eigenvalue weighted by Crippen LogP contribution is -2.45. The monoisotopic (exact) mass is 342 g/mol. The van der Waals surface area contributed by atoms with Gasteiger partial charge in [-0.3, -0.25) is 9.89 Å². The Morgan fingerprint density at radius 3 is 3.00 bits per heavy atom. The minimum atomic E-state index is -0.268. The van der Waals surface area contributed by atoms with Crippen molar-refractivity contribution in [2.24, 2.45) is 0 Å². The number of benzene rings is 1. The molecule has 2 aromatic rings. The number of aromatic nitrogens is 3. The van der Waals surface area contributed by atoms with Gasteiger partial charge in [0.1, 0.15) is 24.4 Å². The van der Waals surface area contributed by atoms with Crippen molar-refractivity contribution in [2.75, 3.05) is 26.3 Å². The summed E-state index contributed by atoms with van der Waals surface area (Å²) in [5.74, 6) is 2.35. The minimum Gasteiger partial charge on any atom is -0.492 e. The van der Waals surface area contributed by atoms with Crippen LogP contribution in [0.5, 0.6) is 5.75 Å². The Morgan fingerprint density at radius 1 is 1.36 bits per heavy atom. The number of carbonyl (C=O) groups excluding carboxylic acids is 1. The van der Waals surface area contributed by atoms with Crippen molar-refractivity contribution in [3.8, 4) is 5.75 Å². The topological polar surface area (TPSA) is 80.3 Å². The predicted octanol–water partition coefficient (Wildman–Crippen LogP) is 2.00. The van der Waals surface area contributed by atoms with Crippen molar-refractivity contribution in [1.29, 1.82) is 0 Å². The number of ether oxygens (including phenoxy) is 2. The van der Waals surface area contributed by atoms with Gasteiger partial charge in [0.25, 0.3) is 0 Å². The van der Waals surface area contributed by atoms with Crippen LogP contribution in [0.15, 0.2) is 24.3 Å². The Bertz CT molecular complexity index is 773. The second-order valence-electron chi connectivity index (χ2n) is 6.78. The summed E-state index contributed by atoms with van der Waals surface area (Å²) in [6.07, 6.45) is -0.268. The predicted molar refractivity (Wildman–Crippen MR) is 90.4 cm³/mol. The van der Waals surface area contributed by atoms with Crippen molar-refractivity contribution >= 4 is 5.91 Å². The van der Waals surface area contributed by atoms with Crippen LogP contribution in [0.2, 0.25) is 0 Å². The van der Waals surface area contributed by atoms with Gasteiger partial charge < -0.3 is 14.4 Å². The fourth-order valence-corrected chi connectivity index (χ4v) is 3.29. The molecule has 7 nitrogen and oxygen atoms in total. The molecule has 0 spiro atoms. The average molecular weight is 342 g/mol. The number of morpholine rings is 1. The molecule has 4 rings (SSSR count). The van der Waals surface area contributed by atoms with Gasteiger partial charge in [0.15, 0.2) is 11.6 Å². The highest BCUT2D eigenvalue weighted by molar-refractivity contribution is 5.85. The number of nitrogens with zero attached hydrogens (tertiary/aromatic N) is 3. The van der Waals surface area contributed by atoms with E-state index in [0.29, 0.717) is 32.1 Å². The largest absolute Gasteiger partial charge is 0.492 e. The average Bonchev–Trinajstić information content (AvgIpc) is 3.28. The zero-order valence-corrected chi connectivity index (χ0v) is 14.4. The van der Waals surface area contributed by atoms with E-state index in [4.69, 9.17) is 9.47 Å². The highest BCUT2D eigenvalue weighted by Crippen LogP contribution is 2.35. The van der Waals surface area contributed by atoms with E-state index in [-0.39, 0.29) is 23.8 Å². The van der Waals surface area contributed by atoms with Crippen LogP contribution in [-0.2, 0) is 9.53 Å². The van der Waals surface area contributed by atoms with Crippen LogP contribution in [-0.4, -0.2) is 52.3 Å². The summed E-state index contributed by atoms with van der Waals surface area (Å²) in [4.78, 5) is 19.4. The number of fused-ring (bicyclic) bond motifs is 1. The maximum atomic E-state index is 13.0. The molecule has 2 atom stereocenters. The van der Waals surface area contributed by atoms with E-state index >= 15 is 0 Å². The number of carbonyl (C=O) groups is 1. The molecule has 1 aromatic carbocycles. The summed E-state index contributed by atoms with van der Waals surface area (Å²) in [5, 5.41) is 7.18. The molecule has 0 unspecified atom stereocenters. The molecule has 2 aliphatic rings. The summed E-state index contributed by atoms with van der Waals surface area (Å²) < 4.78 is 11.5. The molecule has 132 valence electrons. The Hall–Kier alpha value is -2.41. The van der Waals surface area contributed by atoms with Gasteiger partial charge in [-0.15, -0.1) is 0 Å². The zero-order valence-electron chi connectivity index (χ0n) is 14.4. The first-order valence-electron chi connectivity index (χ1n) is 8.68. The molecular weight excluding hydrogens is 320 g/mol. The molecule has 0 aliphatic carbocycles. The van der Waals surface area contributed by atoms with E-state index in [2.05, 4.69) is 15.2 Å². The van der Waals surface area contributed by atoms with Gasteiger partial charge in [-0.2, -0.15) is 5.10 Å². The number of hydrogen-bond donors (Lipinski definition) is 1. The Kier molecular flexibility index (Phi) is 4.17. The Balaban J connectivity index is 1.48. The second-order valence-corrected chi connectivity index (χ2v) is 6.78. The maximum absolute atomic E-state index is 13.0. The summed E-state index contributed by atoms with van der Waals surface area (Å²) in [6.45, 7) is 6.04. The van der Waals surface area contributed by atoms with E-state index < -0.39 is 0 Å². The third-order valence-electron chi connectivity index (χ3n) is 4.72. The van der Waals surface area contributed by atoms with Crippen molar-refractivity contribution < 1.29 is 14.3 Å². The first-order valence-corrected chi connectivity index (χ1v) is 8.68. The first kappa shape index (κ1) is 16.1. The summed E-state index contributed by atoms with van der Waals surface area (Å²) >= 11 is 0. The number of aromatic amines is 1. The quantitative estimate of drug-likeness (QED) is 0.923. The van der Waals surface area contributed by atoms with Gasteiger partial charge in [-0.25, -0.2) is 4.98 Å². The SMILES string of the molecule is CC(C)c1n[nH]c([C@H]2CN(C(=O)[C@@H]3COc4ccccc43)CCO2)n1. The van der Waals surface area contributed by atoms with Crippen LogP contribution in [0, 0.1) is 0 Å². The van der Waals surface area contributed by atoms with Crippen molar-refractivity contribution in [2.45, 2.75) is 31.8 Å². The van der Waals surface area contributed by atoms with Crippen molar-refractivity contribution in [3.63, 3.8) is 0 Å². The molecule has 2 aliphatic heterocycles. The highest BCUT2D eigenvalue weighted by atomic mass is 16.5. The van der Waals surface area contributed by atoms with Gasteiger partial charge in [0, 0.05) is 18.0 Å². The molecule has 3 heterocycles. The molecular formula is C18H22N4O3. The molecule has 0 bridgehead atoms. The Morgan fingerprint density at radius 2 is 2.20 bits per heavy atom. The molecule has 1 N–H and O–H groups in total. The fourth-order valence-electron chi connectivity index (χ4n) is 3.29. The zero-order chi connectivity index (χ0) is 17.4. The van der Waals surface area contributed by atoms with Gasteiger partial charge in [-0.1, -0.05) is 32.0 Å². The molecule has 25 heavy (non-hydrogen) atoms. The number of hydrogen-bond acceptors (Lipinski definition) is 5. The number of nitrogens with one attached hydrogen (secondary N) is 1. The van der Waals surface area contributed by atoms with E-state index in [1.54, 1.807) is 0 Å². The number of rotatable bonds is 3. The molecule has 1 saturated heterocycles. The third-order valence-corrected chi connectivity index (χ3v) is 4.72. The maximum Gasteiger partial charge on any atom is 0.233 e. The summed E-state index contributed by atoms with van der Waals surface area (Å²) in [7, 11) is 0. The lowest BCUT2D eigenvalue weighted by Gasteiger charge is -2.33. The van der Waals surface area contributed by atoms with E-state index in [1.807, 2.05) is 43.0 Å². The number of amides is 1.